The van der Waals surface area contributed by atoms with Crippen molar-refractivity contribution >= 4 is 23.2 Å². The van der Waals surface area contributed by atoms with E-state index in [1.165, 1.54) is 4.90 Å². The Bertz CT molecular complexity index is 1100. The van der Waals surface area contributed by atoms with Crippen LogP contribution in [0.25, 0.3) is 0 Å². The maximum atomic E-state index is 13.4. The lowest BCUT2D eigenvalue weighted by atomic mass is 9.71. The van der Waals surface area contributed by atoms with Crippen LogP contribution in [0.3, 0.4) is 0 Å². The van der Waals surface area contributed by atoms with Gasteiger partial charge in [-0.25, -0.2) is 4.90 Å². The highest BCUT2D eigenvalue weighted by Crippen LogP contribution is 2.55. The third kappa shape index (κ3) is 2.42. The summed E-state index contributed by atoms with van der Waals surface area (Å²) < 4.78 is 16.6. The second-order valence-electron chi connectivity index (χ2n) is 8.13. The first-order valence-electron chi connectivity index (χ1n) is 10.2. The molecular weight excluding hydrogens is 400 g/mol. The molecule has 0 aromatic heterocycles. The molecule has 0 N–H and O–H groups in total. The van der Waals surface area contributed by atoms with E-state index in [1.54, 1.807) is 38.5 Å². The zero-order valence-electron chi connectivity index (χ0n) is 16.9. The monoisotopic (exact) mass is 420 g/mol. The fourth-order valence-electron chi connectivity index (χ4n) is 5.34. The van der Waals surface area contributed by atoms with Crippen LogP contribution in [-0.2, 0) is 19.2 Å². The van der Waals surface area contributed by atoms with E-state index in [1.807, 2.05) is 24.3 Å². The van der Waals surface area contributed by atoms with Crippen molar-refractivity contribution < 1.29 is 28.6 Å². The molecule has 158 valence electrons. The molecule has 6 atom stereocenters. The third-order valence-corrected chi connectivity index (χ3v) is 6.76. The number of imide groups is 1. The van der Waals surface area contributed by atoms with Crippen LogP contribution in [0, 0.1) is 17.8 Å². The van der Waals surface area contributed by atoms with Gasteiger partial charge in [0.15, 0.2) is 6.10 Å². The van der Waals surface area contributed by atoms with Crippen molar-refractivity contribution in [1.82, 2.24) is 0 Å². The molecule has 8 heteroatoms. The lowest BCUT2D eigenvalue weighted by Crippen LogP contribution is -2.45. The Morgan fingerprint density at radius 2 is 1.35 bits per heavy atom. The summed E-state index contributed by atoms with van der Waals surface area (Å²) in [5.74, 6) is -0.338. The van der Waals surface area contributed by atoms with Gasteiger partial charge in [0, 0.05) is 5.56 Å². The van der Waals surface area contributed by atoms with Crippen LogP contribution in [0.1, 0.15) is 5.56 Å². The average molecular weight is 420 g/mol. The lowest BCUT2D eigenvalue weighted by Gasteiger charge is -2.26. The smallest absolute Gasteiger partial charge is 0.240 e. The van der Waals surface area contributed by atoms with Crippen molar-refractivity contribution in [2.24, 2.45) is 22.9 Å². The van der Waals surface area contributed by atoms with Crippen LogP contribution < -0.4 is 14.4 Å². The number of amides is 2. The molecule has 0 aliphatic carbocycles. The molecule has 4 aliphatic heterocycles. The van der Waals surface area contributed by atoms with E-state index < -0.39 is 24.0 Å². The number of carbonyl (C=O) groups is 2. The van der Waals surface area contributed by atoms with Gasteiger partial charge in [-0.3, -0.25) is 9.59 Å². The summed E-state index contributed by atoms with van der Waals surface area (Å²) in [6.07, 6.45) is -1.29. The Morgan fingerprint density at radius 1 is 0.774 bits per heavy atom. The molecule has 6 rings (SSSR count). The van der Waals surface area contributed by atoms with Crippen molar-refractivity contribution in [3.63, 3.8) is 0 Å². The second-order valence-corrected chi connectivity index (χ2v) is 8.13. The molecule has 8 nitrogen and oxygen atoms in total. The van der Waals surface area contributed by atoms with Crippen LogP contribution in [0.15, 0.2) is 53.7 Å². The molecule has 31 heavy (non-hydrogen) atoms. The molecule has 4 heterocycles. The van der Waals surface area contributed by atoms with Gasteiger partial charge >= 0.3 is 0 Å². The maximum Gasteiger partial charge on any atom is 0.240 e. The highest BCUT2D eigenvalue weighted by molar-refractivity contribution is 6.23. The van der Waals surface area contributed by atoms with Gasteiger partial charge in [-0.2, -0.15) is 0 Å². The summed E-state index contributed by atoms with van der Waals surface area (Å²) in [7, 11) is 3.18. The summed E-state index contributed by atoms with van der Waals surface area (Å²) in [6, 6.07) is 14.5. The molecule has 2 aromatic rings. The summed E-state index contributed by atoms with van der Waals surface area (Å²) in [4.78, 5) is 33.6. The molecule has 4 aliphatic rings. The van der Waals surface area contributed by atoms with Crippen LogP contribution in [0.4, 0.5) is 5.69 Å². The number of carbonyl (C=O) groups excluding carboxylic acids is 2. The van der Waals surface area contributed by atoms with Gasteiger partial charge in [-0.15, -0.1) is 0 Å². The topological polar surface area (TPSA) is 86.7 Å². The van der Waals surface area contributed by atoms with Crippen molar-refractivity contribution in [3.05, 3.63) is 54.1 Å². The normalized spacial score (nSPS) is 32.6. The number of ether oxygens (including phenoxy) is 3. The molecule has 3 fully saturated rings. The first-order valence-corrected chi connectivity index (χ1v) is 10.2. The number of rotatable bonds is 4. The lowest BCUT2D eigenvalue weighted by molar-refractivity contribution is -0.125. The van der Waals surface area contributed by atoms with Gasteiger partial charge in [0.25, 0.3) is 0 Å². The van der Waals surface area contributed by atoms with Gasteiger partial charge in [0.2, 0.25) is 11.8 Å². The van der Waals surface area contributed by atoms with Crippen molar-refractivity contribution in [3.8, 4) is 11.5 Å². The number of fused-ring (bicyclic) bond motifs is 8. The van der Waals surface area contributed by atoms with E-state index in [0.717, 1.165) is 17.0 Å². The highest BCUT2D eigenvalue weighted by Gasteiger charge is 2.72. The van der Waals surface area contributed by atoms with Gasteiger partial charge in [0.05, 0.1) is 49.5 Å². The molecule has 3 saturated heterocycles. The fraction of sp³-hybridized carbons (Fsp3) is 0.348. The minimum Gasteiger partial charge on any atom is -0.497 e. The molecule has 0 saturated carbocycles. The van der Waals surface area contributed by atoms with E-state index in [0.29, 0.717) is 11.4 Å². The van der Waals surface area contributed by atoms with Crippen LogP contribution in [0.2, 0.25) is 0 Å². The summed E-state index contributed by atoms with van der Waals surface area (Å²) >= 11 is 0. The standard InChI is InChI=1S/C23H20N2O6/c1-28-13-7-3-11(4-8-13)18-17-19-15-16(20(30-19)21(17)31-24-18)23(27)25(22(15)26)12-5-9-14(29-2)10-6-12/h3-10,15-17,19-21H,1-2H3/t15-,16+,17-,19-,20+,21-/m1/s1. The Balaban J connectivity index is 1.31. The van der Waals surface area contributed by atoms with Gasteiger partial charge in [-0.1, -0.05) is 5.16 Å². The van der Waals surface area contributed by atoms with Gasteiger partial charge < -0.3 is 19.0 Å². The number of methoxy groups -OCH3 is 2. The highest BCUT2D eigenvalue weighted by atomic mass is 16.7. The van der Waals surface area contributed by atoms with E-state index in [4.69, 9.17) is 19.0 Å². The number of hydrogen-bond acceptors (Lipinski definition) is 7. The Labute approximate surface area is 178 Å². The first-order chi connectivity index (χ1) is 15.1. The minimum atomic E-state index is -0.550. The van der Waals surface area contributed by atoms with Crippen LogP contribution in [0.5, 0.6) is 11.5 Å². The van der Waals surface area contributed by atoms with E-state index in [-0.39, 0.29) is 23.8 Å². The Hall–Kier alpha value is -3.39. The Kier molecular flexibility index (Phi) is 3.89. The second kappa shape index (κ2) is 6.55. The number of hydrogen-bond donors (Lipinski definition) is 0. The average Bonchev–Trinajstić information content (AvgIpc) is 3.54. The van der Waals surface area contributed by atoms with E-state index in [2.05, 4.69) is 5.16 Å². The largest absolute Gasteiger partial charge is 0.497 e. The van der Waals surface area contributed by atoms with Crippen molar-refractivity contribution in [2.75, 3.05) is 19.1 Å². The molecule has 2 amide bonds. The van der Waals surface area contributed by atoms with E-state index >= 15 is 0 Å². The molecule has 0 radical (unpaired) electrons. The molecular formula is C23H20N2O6. The van der Waals surface area contributed by atoms with Crippen LogP contribution in [-0.4, -0.2) is 50.1 Å². The molecule has 2 aromatic carbocycles. The Morgan fingerprint density at radius 3 is 1.97 bits per heavy atom. The van der Waals surface area contributed by atoms with Crippen molar-refractivity contribution in [1.29, 1.82) is 0 Å². The molecule has 0 spiro atoms. The minimum absolute atomic E-state index is 0.188. The van der Waals surface area contributed by atoms with Gasteiger partial charge in [-0.05, 0) is 48.5 Å². The number of nitrogens with zero attached hydrogens (tertiary/aromatic N) is 2. The number of benzene rings is 2. The first kappa shape index (κ1) is 18.4. The van der Waals surface area contributed by atoms with E-state index in [9.17, 15) is 9.59 Å². The van der Waals surface area contributed by atoms with Crippen LogP contribution >= 0.6 is 0 Å². The number of oxime groups is 1. The van der Waals surface area contributed by atoms with Crippen molar-refractivity contribution in [2.45, 2.75) is 18.3 Å². The molecule has 2 bridgehead atoms. The fourth-order valence-corrected chi connectivity index (χ4v) is 5.34. The summed E-state index contributed by atoms with van der Waals surface area (Å²) in [6.45, 7) is 0. The predicted molar refractivity (Wildman–Crippen MR) is 109 cm³/mol. The third-order valence-electron chi connectivity index (χ3n) is 6.76. The van der Waals surface area contributed by atoms with Gasteiger partial charge in [0.1, 0.15) is 17.6 Å². The summed E-state index contributed by atoms with van der Waals surface area (Å²) in [5, 5.41) is 4.31. The zero-order chi connectivity index (χ0) is 21.3. The SMILES string of the molecule is COc1ccc(C2=NO[C@H]3[C@H]4O[C@@H]([C@@H]23)[C@@H]2C(=O)N(c3ccc(OC)cc3)C(=O)[C@H]42)cc1. The zero-order valence-corrected chi connectivity index (χ0v) is 16.9. The maximum absolute atomic E-state index is 13.4. The predicted octanol–water partition coefficient (Wildman–Crippen LogP) is 2.01. The number of anilines is 1. The summed E-state index contributed by atoms with van der Waals surface area (Å²) in [5.41, 5.74) is 2.19. The molecule has 0 unspecified atom stereocenters. The quantitative estimate of drug-likeness (QED) is 0.704.